The summed E-state index contributed by atoms with van der Waals surface area (Å²) in [5.74, 6) is 1.45. The van der Waals surface area contributed by atoms with Crippen molar-refractivity contribution in [2.75, 3.05) is 37.7 Å². The molecule has 4 rings (SSSR count). The summed E-state index contributed by atoms with van der Waals surface area (Å²) in [4.78, 5) is 9.17. The van der Waals surface area contributed by atoms with Crippen molar-refractivity contribution in [3.05, 3.63) is 34.6 Å². The van der Waals surface area contributed by atoms with Gasteiger partial charge in [0.2, 0.25) is 4.77 Å². The van der Waals surface area contributed by atoms with Crippen molar-refractivity contribution >= 4 is 22.1 Å². The predicted molar refractivity (Wildman–Crippen MR) is 112 cm³/mol. The van der Waals surface area contributed by atoms with E-state index in [1.807, 2.05) is 4.68 Å². The number of nitrogens with one attached hydrogen (secondary N) is 1. The van der Waals surface area contributed by atoms with E-state index in [-0.39, 0.29) is 6.04 Å². The maximum Gasteiger partial charge on any atom is 0.217 e. The SMILES string of the molecule is CCc1ccc(-c2nc(=S)n(CN3CCN(C4CCS(=O)(=O)C4)CC3)[nH]2)cc1. The average Bonchev–Trinajstić information content (AvgIpc) is 3.24. The monoisotopic (exact) mass is 421 g/mol. The molecule has 3 heterocycles. The third-order valence-electron chi connectivity index (χ3n) is 5.79. The summed E-state index contributed by atoms with van der Waals surface area (Å²) in [6.45, 7) is 6.41. The molecule has 7 nitrogen and oxygen atoms in total. The number of rotatable bonds is 5. The van der Waals surface area contributed by atoms with Gasteiger partial charge in [0.1, 0.15) is 0 Å². The molecule has 2 aliphatic heterocycles. The summed E-state index contributed by atoms with van der Waals surface area (Å²) in [6, 6.07) is 8.58. The summed E-state index contributed by atoms with van der Waals surface area (Å²) in [5, 5.41) is 3.33. The minimum absolute atomic E-state index is 0.194. The Morgan fingerprint density at radius 1 is 1.18 bits per heavy atom. The number of aromatic amines is 1. The molecular formula is C19H27N5O2S2. The number of hydrogen-bond acceptors (Lipinski definition) is 6. The average molecular weight is 422 g/mol. The van der Waals surface area contributed by atoms with E-state index in [9.17, 15) is 8.42 Å². The molecule has 2 aliphatic rings. The number of nitrogens with zero attached hydrogens (tertiary/aromatic N) is 4. The van der Waals surface area contributed by atoms with Crippen LogP contribution in [0.15, 0.2) is 24.3 Å². The highest BCUT2D eigenvalue weighted by Gasteiger charge is 2.33. The Morgan fingerprint density at radius 3 is 2.50 bits per heavy atom. The van der Waals surface area contributed by atoms with E-state index in [4.69, 9.17) is 12.2 Å². The van der Waals surface area contributed by atoms with E-state index in [0.717, 1.165) is 50.4 Å². The minimum atomic E-state index is -2.83. The fraction of sp³-hybridized carbons (Fsp3) is 0.579. The maximum absolute atomic E-state index is 11.7. The molecule has 1 aromatic heterocycles. The van der Waals surface area contributed by atoms with Crippen molar-refractivity contribution in [3.63, 3.8) is 0 Å². The summed E-state index contributed by atoms with van der Waals surface area (Å²) in [7, 11) is -2.83. The second-order valence-corrected chi connectivity index (χ2v) is 10.3. The lowest BCUT2D eigenvalue weighted by Gasteiger charge is -2.37. The Balaban J connectivity index is 1.36. The van der Waals surface area contributed by atoms with Crippen LogP contribution in [-0.4, -0.2) is 76.7 Å². The molecule has 0 radical (unpaired) electrons. The van der Waals surface area contributed by atoms with Gasteiger partial charge in [-0.25, -0.2) is 13.1 Å². The van der Waals surface area contributed by atoms with Gasteiger partial charge in [0.25, 0.3) is 0 Å². The Morgan fingerprint density at radius 2 is 1.89 bits per heavy atom. The number of sulfone groups is 1. The number of benzene rings is 1. The molecule has 0 amide bonds. The summed E-state index contributed by atoms with van der Waals surface area (Å²) < 4.78 is 25.9. The zero-order chi connectivity index (χ0) is 19.7. The Kier molecular flexibility index (Phi) is 5.69. The van der Waals surface area contributed by atoms with E-state index in [2.05, 4.69) is 51.1 Å². The first-order valence-electron chi connectivity index (χ1n) is 9.86. The van der Waals surface area contributed by atoms with Crippen LogP contribution >= 0.6 is 12.2 Å². The van der Waals surface area contributed by atoms with Crippen LogP contribution in [0.3, 0.4) is 0 Å². The van der Waals surface area contributed by atoms with E-state index in [0.29, 0.717) is 22.9 Å². The van der Waals surface area contributed by atoms with Gasteiger partial charge in [-0.2, -0.15) is 4.98 Å². The van der Waals surface area contributed by atoms with E-state index >= 15 is 0 Å². The standard InChI is InChI=1S/C19H27N5O2S2/c1-2-15-3-5-16(6-4-15)18-20-19(27)24(21-18)14-22-8-10-23(11-9-22)17-7-12-28(25,26)13-17/h3-6,17H,2,7-14H2,1H3,(H,20,21,27). The molecule has 0 aliphatic carbocycles. The Labute approximate surface area is 171 Å². The molecule has 1 N–H and O–H groups in total. The summed E-state index contributed by atoms with van der Waals surface area (Å²) >= 11 is 5.44. The molecule has 0 spiro atoms. The molecule has 1 atom stereocenters. The zero-order valence-corrected chi connectivity index (χ0v) is 17.8. The number of hydrogen-bond donors (Lipinski definition) is 1. The first-order chi connectivity index (χ1) is 13.4. The number of aromatic nitrogens is 3. The number of piperazine rings is 1. The Hall–Kier alpha value is -1.55. The van der Waals surface area contributed by atoms with E-state index in [1.165, 1.54) is 5.56 Å². The largest absolute Gasteiger partial charge is 0.297 e. The fourth-order valence-corrected chi connectivity index (χ4v) is 5.97. The van der Waals surface area contributed by atoms with Gasteiger partial charge in [0.05, 0.1) is 18.2 Å². The highest BCUT2D eigenvalue weighted by Crippen LogP contribution is 2.20. The van der Waals surface area contributed by atoms with Crippen LogP contribution in [0.5, 0.6) is 0 Å². The number of aryl methyl sites for hydroxylation is 1. The van der Waals surface area contributed by atoms with Gasteiger partial charge in [-0.3, -0.25) is 14.9 Å². The summed E-state index contributed by atoms with van der Waals surface area (Å²) in [5.41, 5.74) is 2.34. The quantitative estimate of drug-likeness (QED) is 0.744. The van der Waals surface area contributed by atoms with Crippen LogP contribution in [0, 0.1) is 4.77 Å². The summed E-state index contributed by atoms with van der Waals surface area (Å²) in [6.07, 6.45) is 1.79. The first-order valence-corrected chi connectivity index (χ1v) is 12.1. The maximum atomic E-state index is 11.7. The molecule has 2 fully saturated rings. The molecule has 152 valence electrons. The van der Waals surface area contributed by atoms with Crippen molar-refractivity contribution in [2.24, 2.45) is 0 Å². The lowest BCUT2D eigenvalue weighted by atomic mass is 10.1. The third kappa shape index (κ3) is 4.37. The molecule has 2 aromatic rings. The van der Waals surface area contributed by atoms with Crippen LogP contribution < -0.4 is 0 Å². The second kappa shape index (κ2) is 8.06. The van der Waals surface area contributed by atoms with E-state index < -0.39 is 9.84 Å². The molecule has 0 saturated carbocycles. The van der Waals surface area contributed by atoms with Gasteiger partial charge in [-0.1, -0.05) is 31.2 Å². The normalized spacial score (nSPS) is 23.2. The van der Waals surface area contributed by atoms with Crippen LogP contribution in [0.25, 0.3) is 11.4 Å². The van der Waals surface area contributed by atoms with Gasteiger partial charge in [-0.05, 0) is 30.6 Å². The van der Waals surface area contributed by atoms with Gasteiger partial charge in [0.15, 0.2) is 15.7 Å². The van der Waals surface area contributed by atoms with Crippen molar-refractivity contribution in [2.45, 2.75) is 32.5 Å². The molecule has 0 bridgehead atoms. The lowest BCUT2D eigenvalue weighted by molar-refractivity contribution is 0.0809. The molecule has 1 aromatic carbocycles. The molecule has 1 unspecified atom stereocenters. The fourth-order valence-electron chi connectivity index (χ4n) is 4.01. The van der Waals surface area contributed by atoms with Crippen molar-refractivity contribution in [3.8, 4) is 11.4 Å². The van der Waals surface area contributed by atoms with Crippen molar-refractivity contribution in [1.82, 2.24) is 24.6 Å². The molecule has 2 saturated heterocycles. The zero-order valence-electron chi connectivity index (χ0n) is 16.2. The lowest BCUT2D eigenvalue weighted by Crippen LogP contribution is -2.50. The smallest absolute Gasteiger partial charge is 0.217 e. The van der Waals surface area contributed by atoms with Gasteiger partial charge in [-0.15, -0.1) is 0 Å². The van der Waals surface area contributed by atoms with Crippen LogP contribution in [0.2, 0.25) is 0 Å². The van der Waals surface area contributed by atoms with E-state index in [1.54, 1.807) is 0 Å². The first kappa shape index (κ1) is 19.8. The Bertz CT molecular complexity index is 972. The van der Waals surface area contributed by atoms with Crippen LogP contribution in [0.4, 0.5) is 0 Å². The van der Waals surface area contributed by atoms with Gasteiger partial charge < -0.3 is 0 Å². The molecular weight excluding hydrogens is 394 g/mol. The topological polar surface area (TPSA) is 74.2 Å². The second-order valence-electron chi connectivity index (χ2n) is 7.69. The van der Waals surface area contributed by atoms with Gasteiger partial charge >= 0.3 is 0 Å². The van der Waals surface area contributed by atoms with Crippen molar-refractivity contribution in [1.29, 1.82) is 0 Å². The van der Waals surface area contributed by atoms with Crippen LogP contribution in [0.1, 0.15) is 18.9 Å². The minimum Gasteiger partial charge on any atom is -0.297 e. The molecule has 28 heavy (non-hydrogen) atoms. The number of H-pyrrole nitrogens is 1. The van der Waals surface area contributed by atoms with Gasteiger partial charge in [0, 0.05) is 37.8 Å². The van der Waals surface area contributed by atoms with Crippen molar-refractivity contribution < 1.29 is 8.42 Å². The molecule has 9 heteroatoms. The highest BCUT2D eigenvalue weighted by molar-refractivity contribution is 7.91. The van der Waals surface area contributed by atoms with Crippen LogP contribution in [-0.2, 0) is 22.9 Å². The predicted octanol–water partition coefficient (Wildman–Crippen LogP) is 1.93. The third-order valence-corrected chi connectivity index (χ3v) is 7.85. The highest BCUT2D eigenvalue weighted by atomic mass is 32.2.